The van der Waals surface area contributed by atoms with Gasteiger partial charge in [0.05, 0.1) is 5.92 Å². The molecule has 0 spiro atoms. The number of unbranched alkanes of at least 4 members (excludes halogenated alkanes) is 1. The first kappa shape index (κ1) is 14.5. The first-order valence-corrected chi connectivity index (χ1v) is 7.48. The minimum Gasteiger partial charge on any atom is -0.462 e. The number of hydrogen-bond acceptors (Lipinski definition) is 2. The van der Waals surface area contributed by atoms with Crippen LogP contribution in [0.25, 0.3) is 0 Å². The summed E-state index contributed by atoms with van der Waals surface area (Å²) in [6.45, 7) is 4.35. The molecule has 0 aromatic heterocycles. The van der Waals surface area contributed by atoms with Gasteiger partial charge < -0.3 is 4.74 Å². The van der Waals surface area contributed by atoms with Crippen molar-refractivity contribution >= 4 is 5.97 Å². The van der Waals surface area contributed by atoms with Crippen LogP contribution in [-0.4, -0.2) is 12.1 Å². The van der Waals surface area contributed by atoms with Crippen molar-refractivity contribution in [2.75, 3.05) is 0 Å². The third-order valence-electron chi connectivity index (χ3n) is 3.71. The summed E-state index contributed by atoms with van der Waals surface area (Å²) in [4.78, 5) is 12.0. The maximum atomic E-state index is 12.0. The zero-order valence-electron chi connectivity index (χ0n) is 11.5. The van der Waals surface area contributed by atoms with Gasteiger partial charge in [0.1, 0.15) is 6.10 Å². The molecule has 2 nitrogen and oxygen atoms in total. The molecular formula is C15H28O2. The molecule has 0 aromatic rings. The Morgan fingerprint density at radius 3 is 2.41 bits per heavy atom. The lowest BCUT2D eigenvalue weighted by atomic mass is 9.89. The summed E-state index contributed by atoms with van der Waals surface area (Å²) in [5, 5.41) is 0. The molecule has 1 atom stereocenters. The van der Waals surface area contributed by atoms with Crippen LogP contribution in [0.2, 0.25) is 0 Å². The summed E-state index contributed by atoms with van der Waals surface area (Å²) < 4.78 is 5.69. The number of carbonyl (C=O) groups excluding carboxylic acids is 1. The average Bonchev–Trinajstić information content (AvgIpc) is 2.37. The first-order valence-electron chi connectivity index (χ1n) is 7.48. The van der Waals surface area contributed by atoms with Crippen molar-refractivity contribution < 1.29 is 9.53 Å². The van der Waals surface area contributed by atoms with Gasteiger partial charge in [0.2, 0.25) is 0 Å². The molecule has 0 heterocycles. The molecule has 1 unspecified atom stereocenters. The summed E-state index contributed by atoms with van der Waals surface area (Å²) in [6, 6.07) is 0. The Morgan fingerprint density at radius 2 is 1.82 bits per heavy atom. The monoisotopic (exact) mass is 240 g/mol. The number of esters is 1. The highest BCUT2D eigenvalue weighted by Crippen LogP contribution is 2.26. The Bertz CT molecular complexity index is 207. The van der Waals surface area contributed by atoms with E-state index >= 15 is 0 Å². The maximum Gasteiger partial charge on any atom is 0.309 e. The lowest BCUT2D eigenvalue weighted by Gasteiger charge is -2.24. The highest BCUT2D eigenvalue weighted by atomic mass is 16.5. The zero-order chi connectivity index (χ0) is 12.5. The van der Waals surface area contributed by atoms with Crippen molar-refractivity contribution in [3.63, 3.8) is 0 Å². The molecule has 17 heavy (non-hydrogen) atoms. The van der Waals surface area contributed by atoms with Crippen LogP contribution in [0, 0.1) is 5.92 Å². The second kappa shape index (κ2) is 8.54. The first-order chi connectivity index (χ1) is 8.27. The molecule has 0 bridgehead atoms. The van der Waals surface area contributed by atoms with Gasteiger partial charge in [-0.25, -0.2) is 0 Å². The van der Waals surface area contributed by atoms with Crippen LogP contribution in [0.15, 0.2) is 0 Å². The third kappa shape index (κ3) is 5.56. The molecule has 0 amide bonds. The van der Waals surface area contributed by atoms with E-state index in [2.05, 4.69) is 13.8 Å². The van der Waals surface area contributed by atoms with Crippen molar-refractivity contribution in [1.82, 2.24) is 0 Å². The fourth-order valence-electron chi connectivity index (χ4n) is 2.61. The van der Waals surface area contributed by atoms with Gasteiger partial charge in [-0.1, -0.05) is 52.4 Å². The summed E-state index contributed by atoms with van der Waals surface area (Å²) >= 11 is 0. The van der Waals surface area contributed by atoms with Gasteiger partial charge in [0.25, 0.3) is 0 Å². The average molecular weight is 240 g/mol. The van der Waals surface area contributed by atoms with Gasteiger partial charge >= 0.3 is 5.97 Å². The lowest BCUT2D eigenvalue weighted by Crippen LogP contribution is -2.26. The summed E-state index contributed by atoms with van der Waals surface area (Å²) in [5.41, 5.74) is 0. The molecule has 0 radical (unpaired) electrons. The van der Waals surface area contributed by atoms with E-state index in [1.165, 1.54) is 32.1 Å². The molecule has 1 fully saturated rings. The molecule has 0 N–H and O–H groups in total. The summed E-state index contributed by atoms with van der Waals surface area (Å²) in [5.74, 6) is 0.281. The van der Waals surface area contributed by atoms with E-state index in [-0.39, 0.29) is 18.0 Å². The van der Waals surface area contributed by atoms with E-state index in [4.69, 9.17) is 4.74 Å². The van der Waals surface area contributed by atoms with Gasteiger partial charge in [-0.05, 0) is 25.7 Å². The Labute approximate surface area is 106 Å². The quantitative estimate of drug-likeness (QED) is 0.614. The maximum absolute atomic E-state index is 12.0. The predicted molar refractivity (Wildman–Crippen MR) is 70.9 cm³/mol. The predicted octanol–water partition coefficient (Wildman–Crippen LogP) is 4.47. The molecule has 1 aliphatic carbocycles. The van der Waals surface area contributed by atoms with E-state index in [1.807, 2.05) is 0 Å². The van der Waals surface area contributed by atoms with Crippen LogP contribution in [-0.2, 0) is 9.53 Å². The van der Waals surface area contributed by atoms with Gasteiger partial charge in [-0.15, -0.1) is 0 Å². The molecule has 100 valence electrons. The van der Waals surface area contributed by atoms with E-state index in [9.17, 15) is 4.79 Å². The third-order valence-corrected chi connectivity index (χ3v) is 3.71. The van der Waals surface area contributed by atoms with Crippen molar-refractivity contribution in [2.45, 2.75) is 84.2 Å². The van der Waals surface area contributed by atoms with Crippen LogP contribution >= 0.6 is 0 Å². The molecule has 1 saturated carbocycles. The minimum absolute atomic E-state index is 0.0826. The van der Waals surface area contributed by atoms with Gasteiger partial charge in [0, 0.05) is 0 Å². The Kier molecular flexibility index (Phi) is 7.30. The molecule has 1 aliphatic rings. The van der Waals surface area contributed by atoms with E-state index in [0.717, 1.165) is 32.1 Å². The van der Waals surface area contributed by atoms with Crippen molar-refractivity contribution in [2.24, 2.45) is 5.92 Å². The topological polar surface area (TPSA) is 26.3 Å². The molecule has 0 aromatic carbocycles. The van der Waals surface area contributed by atoms with Crippen LogP contribution in [0.5, 0.6) is 0 Å². The molecule has 0 saturated heterocycles. The van der Waals surface area contributed by atoms with E-state index in [1.54, 1.807) is 0 Å². The molecular weight excluding hydrogens is 212 g/mol. The minimum atomic E-state index is 0.0826. The normalized spacial score (nSPS) is 18.9. The van der Waals surface area contributed by atoms with Gasteiger partial charge in [-0.2, -0.15) is 0 Å². The second-order valence-corrected chi connectivity index (χ2v) is 5.32. The van der Waals surface area contributed by atoms with Crippen molar-refractivity contribution in [1.29, 1.82) is 0 Å². The molecule has 2 heteroatoms. The van der Waals surface area contributed by atoms with E-state index < -0.39 is 0 Å². The molecule has 0 aliphatic heterocycles. The second-order valence-electron chi connectivity index (χ2n) is 5.32. The fraction of sp³-hybridized carbons (Fsp3) is 0.933. The number of carbonyl (C=O) groups is 1. The van der Waals surface area contributed by atoms with Crippen LogP contribution in [0.1, 0.15) is 78.1 Å². The van der Waals surface area contributed by atoms with Crippen molar-refractivity contribution in [3.05, 3.63) is 0 Å². The molecule has 1 rings (SSSR count). The Morgan fingerprint density at radius 1 is 1.12 bits per heavy atom. The van der Waals surface area contributed by atoms with Crippen LogP contribution in [0.4, 0.5) is 0 Å². The SMILES string of the molecule is CCCCC(CCC)OC(=O)C1CCCCC1. The largest absolute Gasteiger partial charge is 0.462 e. The van der Waals surface area contributed by atoms with Crippen LogP contribution in [0.3, 0.4) is 0 Å². The van der Waals surface area contributed by atoms with Gasteiger partial charge in [0.15, 0.2) is 0 Å². The summed E-state index contributed by atoms with van der Waals surface area (Å²) in [7, 11) is 0. The van der Waals surface area contributed by atoms with Crippen molar-refractivity contribution in [3.8, 4) is 0 Å². The lowest BCUT2D eigenvalue weighted by molar-refractivity contribution is -0.156. The van der Waals surface area contributed by atoms with E-state index in [0.29, 0.717) is 0 Å². The zero-order valence-corrected chi connectivity index (χ0v) is 11.5. The standard InChI is InChI=1S/C15H28O2/c1-3-5-12-14(9-4-2)17-15(16)13-10-7-6-8-11-13/h13-14H,3-12H2,1-2H3. The smallest absolute Gasteiger partial charge is 0.309 e. The number of ether oxygens (including phenoxy) is 1. The highest BCUT2D eigenvalue weighted by Gasteiger charge is 2.24. The number of hydrogen-bond donors (Lipinski definition) is 0. The van der Waals surface area contributed by atoms with Crippen LogP contribution < -0.4 is 0 Å². The summed E-state index contributed by atoms with van der Waals surface area (Å²) in [6.07, 6.45) is 11.5. The fourth-order valence-corrected chi connectivity index (χ4v) is 2.61. The Balaban J connectivity index is 2.33. The highest BCUT2D eigenvalue weighted by molar-refractivity contribution is 5.72. The number of rotatable bonds is 7. The Hall–Kier alpha value is -0.530. The van der Waals surface area contributed by atoms with Gasteiger partial charge in [-0.3, -0.25) is 4.79 Å².